The first kappa shape index (κ1) is 19.1. The average Bonchev–Trinajstić information content (AvgIpc) is 3.01. The van der Waals surface area contributed by atoms with E-state index in [2.05, 4.69) is 22.2 Å². The van der Waals surface area contributed by atoms with Crippen LogP contribution in [0.25, 0.3) is 10.2 Å². The van der Waals surface area contributed by atoms with Crippen molar-refractivity contribution < 1.29 is 9.18 Å². The minimum Gasteiger partial charge on any atom is -0.325 e. The third kappa shape index (κ3) is 3.84. The predicted octanol–water partition coefficient (Wildman–Crippen LogP) is 4.37. The summed E-state index contributed by atoms with van der Waals surface area (Å²) in [7, 11) is 0. The summed E-state index contributed by atoms with van der Waals surface area (Å²) in [6, 6.07) is 5.60. The van der Waals surface area contributed by atoms with Gasteiger partial charge in [0.2, 0.25) is 5.91 Å². The Hall–Kier alpha value is -2.19. The van der Waals surface area contributed by atoms with Gasteiger partial charge in [-0.1, -0.05) is 18.7 Å². The number of hydrogen-bond donors (Lipinski definition) is 2. The van der Waals surface area contributed by atoms with Crippen molar-refractivity contribution in [3.05, 3.63) is 50.9 Å². The number of benzene rings is 1. The smallest absolute Gasteiger partial charge is 0.260 e. The zero-order valence-corrected chi connectivity index (χ0v) is 17.2. The van der Waals surface area contributed by atoms with Crippen LogP contribution in [0.2, 0.25) is 0 Å². The number of aromatic nitrogens is 2. The van der Waals surface area contributed by atoms with Gasteiger partial charge in [0, 0.05) is 10.6 Å². The van der Waals surface area contributed by atoms with Crippen molar-refractivity contribution in [2.45, 2.75) is 43.5 Å². The molecule has 2 N–H and O–H groups in total. The molecule has 4 rings (SSSR count). The van der Waals surface area contributed by atoms with Crippen LogP contribution in [0, 0.1) is 11.7 Å². The molecule has 1 amide bonds. The summed E-state index contributed by atoms with van der Waals surface area (Å²) in [5.74, 6) is 0.0332. The summed E-state index contributed by atoms with van der Waals surface area (Å²) in [4.78, 5) is 34.5. The fraction of sp³-hybridized carbons (Fsp3) is 0.350. The molecule has 3 aromatic rings. The highest BCUT2D eigenvalue weighted by atomic mass is 32.2. The van der Waals surface area contributed by atoms with E-state index in [1.54, 1.807) is 18.3 Å². The molecule has 146 valence electrons. The Morgan fingerprint density at radius 1 is 1.39 bits per heavy atom. The number of thiophene rings is 1. The fourth-order valence-corrected chi connectivity index (χ4v) is 5.62. The van der Waals surface area contributed by atoms with Crippen LogP contribution in [-0.2, 0) is 17.6 Å². The maximum absolute atomic E-state index is 13.0. The second kappa shape index (κ2) is 7.67. The van der Waals surface area contributed by atoms with Gasteiger partial charge in [0.1, 0.15) is 10.6 Å². The number of thioether (sulfide) groups is 1. The minimum absolute atomic E-state index is 0.134. The Labute approximate surface area is 169 Å². The monoisotopic (exact) mass is 417 g/mol. The van der Waals surface area contributed by atoms with Gasteiger partial charge in [-0.25, -0.2) is 9.37 Å². The van der Waals surface area contributed by atoms with E-state index in [0.29, 0.717) is 22.1 Å². The van der Waals surface area contributed by atoms with E-state index >= 15 is 0 Å². The molecule has 0 fully saturated rings. The van der Waals surface area contributed by atoms with Crippen LogP contribution in [-0.4, -0.2) is 21.1 Å². The van der Waals surface area contributed by atoms with Crippen LogP contribution in [0.3, 0.4) is 0 Å². The van der Waals surface area contributed by atoms with Crippen LogP contribution < -0.4 is 10.9 Å². The standard InChI is InChI=1S/C20H20FN3O2S2/c1-10-3-8-14-15(9-10)28-19-16(14)18(26)23-20(24-19)27-11(2)17(25)22-13-6-4-12(21)5-7-13/h4-7,10-11H,3,8-9H2,1-2H3,(H,22,25)(H,23,24,26)/t10-,11+/m0/s1. The Kier molecular flexibility index (Phi) is 5.25. The van der Waals surface area contributed by atoms with Crippen molar-refractivity contribution >= 4 is 44.9 Å². The molecule has 0 spiro atoms. The number of aryl methyl sites for hydroxylation is 1. The lowest BCUT2D eigenvalue weighted by Gasteiger charge is -2.17. The topological polar surface area (TPSA) is 74.8 Å². The van der Waals surface area contributed by atoms with Gasteiger partial charge < -0.3 is 10.3 Å². The molecule has 8 heteroatoms. The number of nitrogens with one attached hydrogen (secondary N) is 2. The largest absolute Gasteiger partial charge is 0.325 e. The highest BCUT2D eigenvalue weighted by Gasteiger charge is 2.24. The number of H-pyrrole nitrogens is 1. The van der Waals surface area contributed by atoms with Gasteiger partial charge in [0.15, 0.2) is 5.16 Å². The summed E-state index contributed by atoms with van der Waals surface area (Å²) in [5.41, 5.74) is 1.53. The van der Waals surface area contributed by atoms with Crippen molar-refractivity contribution in [2.75, 3.05) is 5.32 Å². The maximum atomic E-state index is 13.0. The minimum atomic E-state index is -0.472. The number of carbonyl (C=O) groups is 1. The normalized spacial score (nSPS) is 17.3. The second-order valence-corrected chi connectivity index (χ2v) is 9.57. The van der Waals surface area contributed by atoms with E-state index in [0.717, 1.165) is 29.7 Å². The molecule has 1 aromatic carbocycles. The number of nitrogens with zero attached hydrogens (tertiary/aromatic N) is 1. The first-order valence-electron chi connectivity index (χ1n) is 9.18. The molecule has 2 atom stereocenters. The molecule has 0 saturated heterocycles. The number of amides is 1. The third-order valence-electron chi connectivity index (χ3n) is 4.91. The lowest BCUT2D eigenvalue weighted by atomic mass is 9.89. The van der Waals surface area contributed by atoms with Crippen LogP contribution >= 0.6 is 23.1 Å². The molecule has 5 nitrogen and oxygen atoms in total. The Morgan fingerprint density at radius 2 is 2.14 bits per heavy atom. The van der Waals surface area contributed by atoms with Crippen LogP contribution in [0.1, 0.15) is 30.7 Å². The van der Waals surface area contributed by atoms with E-state index in [1.165, 1.54) is 40.9 Å². The van der Waals surface area contributed by atoms with Crippen molar-refractivity contribution in [3.8, 4) is 0 Å². The van der Waals surface area contributed by atoms with Crippen molar-refractivity contribution in [2.24, 2.45) is 5.92 Å². The first-order chi connectivity index (χ1) is 13.4. The van der Waals surface area contributed by atoms with Gasteiger partial charge in [0.25, 0.3) is 5.56 Å². The molecular weight excluding hydrogens is 397 g/mol. The van der Waals surface area contributed by atoms with Gasteiger partial charge >= 0.3 is 0 Å². The number of fused-ring (bicyclic) bond motifs is 3. The van der Waals surface area contributed by atoms with Gasteiger partial charge in [-0.3, -0.25) is 9.59 Å². The van der Waals surface area contributed by atoms with Crippen LogP contribution in [0.4, 0.5) is 10.1 Å². The summed E-state index contributed by atoms with van der Waals surface area (Å²) >= 11 is 2.79. The van der Waals surface area contributed by atoms with E-state index in [1.807, 2.05) is 0 Å². The second-order valence-electron chi connectivity index (χ2n) is 7.16. The molecular formula is C20H20FN3O2S2. The number of rotatable bonds is 4. The molecule has 0 aliphatic heterocycles. The zero-order valence-electron chi connectivity index (χ0n) is 15.5. The van der Waals surface area contributed by atoms with E-state index < -0.39 is 5.25 Å². The Morgan fingerprint density at radius 3 is 2.89 bits per heavy atom. The molecule has 0 radical (unpaired) electrons. The molecule has 1 aliphatic rings. The molecule has 1 aliphatic carbocycles. The predicted molar refractivity (Wildman–Crippen MR) is 112 cm³/mol. The van der Waals surface area contributed by atoms with Gasteiger partial charge in [-0.15, -0.1) is 11.3 Å². The number of anilines is 1. The molecule has 0 bridgehead atoms. The first-order valence-corrected chi connectivity index (χ1v) is 10.9. The average molecular weight is 418 g/mol. The quantitative estimate of drug-likeness (QED) is 0.488. The van der Waals surface area contributed by atoms with Crippen molar-refractivity contribution in [3.63, 3.8) is 0 Å². The molecule has 0 saturated carbocycles. The summed E-state index contributed by atoms with van der Waals surface area (Å²) in [6.45, 7) is 3.97. The third-order valence-corrected chi connectivity index (χ3v) is 7.05. The number of halogens is 1. The van der Waals surface area contributed by atoms with E-state index in [9.17, 15) is 14.0 Å². The summed E-state index contributed by atoms with van der Waals surface area (Å²) in [5, 5.41) is 3.41. The van der Waals surface area contributed by atoms with Crippen LogP contribution in [0.5, 0.6) is 0 Å². The molecule has 2 heterocycles. The van der Waals surface area contributed by atoms with Crippen molar-refractivity contribution in [1.82, 2.24) is 9.97 Å². The molecule has 28 heavy (non-hydrogen) atoms. The van der Waals surface area contributed by atoms with E-state index in [4.69, 9.17) is 0 Å². The summed E-state index contributed by atoms with van der Waals surface area (Å²) < 4.78 is 13.0. The number of hydrogen-bond acceptors (Lipinski definition) is 5. The SMILES string of the molecule is C[C@H]1CCc2c(sc3nc(S[C@H](C)C(=O)Nc4ccc(F)cc4)[nH]c(=O)c23)C1. The lowest BCUT2D eigenvalue weighted by molar-refractivity contribution is -0.115. The van der Waals surface area contributed by atoms with E-state index in [-0.39, 0.29) is 17.3 Å². The highest BCUT2D eigenvalue weighted by Crippen LogP contribution is 2.36. The number of aromatic amines is 1. The lowest BCUT2D eigenvalue weighted by Crippen LogP contribution is -2.23. The molecule has 0 unspecified atom stereocenters. The van der Waals surface area contributed by atoms with Gasteiger partial charge in [0.05, 0.1) is 10.6 Å². The number of carbonyl (C=O) groups excluding carboxylic acids is 1. The fourth-order valence-electron chi connectivity index (χ4n) is 3.38. The summed E-state index contributed by atoms with van der Waals surface area (Å²) in [6.07, 6.45) is 3.01. The van der Waals surface area contributed by atoms with Crippen molar-refractivity contribution in [1.29, 1.82) is 0 Å². The van der Waals surface area contributed by atoms with Gasteiger partial charge in [-0.2, -0.15) is 0 Å². The van der Waals surface area contributed by atoms with Gasteiger partial charge in [-0.05, 0) is 61.9 Å². The Bertz CT molecular complexity index is 1090. The molecule has 2 aromatic heterocycles. The Balaban J connectivity index is 1.53. The zero-order chi connectivity index (χ0) is 19.8. The highest BCUT2D eigenvalue weighted by molar-refractivity contribution is 8.00. The maximum Gasteiger partial charge on any atom is 0.260 e. The van der Waals surface area contributed by atoms with Crippen LogP contribution in [0.15, 0.2) is 34.2 Å².